The lowest BCUT2D eigenvalue weighted by Gasteiger charge is -2.34. The monoisotopic (exact) mass is 427 g/mol. The highest BCUT2D eigenvalue weighted by Gasteiger charge is 2.26. The summed E-state index contributed by atoms with van der Waals surface area (Å²) in [5.41, 5.74) is 0.939. The molecule has 7 nitrogen and oxygen atoms in total. The fourth-order valence-corrected chi connectivity index (χ4v) is 3.83. The average Bonchev–Trinajstić information content (AvgIpc) is 2.78. The molecule has 8 heteroatoms. The molecule has 0 bridgehead atoms. The summed E-state index contributed by atoms with van der Waals surface area (Å²) in [6.07, 6.45) is -0.354. The number of anilines is 1. The van der Waals surface area contributed by atoms with Crippen LogP contribution in [0.1, 0.15) is 17.3 Å². The Bertz CT molecular complexity index is 883. The van der Waals surface area contributed by atoms with Crippen molar-refractivity contribution in [2.45, 2.75) is 11.8 Å². The van der Waals surface area contributed by atoms with E-state index in [0.29, 0.717) is 44.0 Å². The average molecular weight is 428 g/mol. The number of carbonyl (C=O) groups excluding carboxylic acids is 3. The van der Waals surface area contributed by atoms with E-state index in [1.807, 2.05) is 30.3 Å². The number of nitrogens with zero attached hydrogens (tertiary/aromatic N) is 2. The molecule has 0 unspecified atom stereocenters. The van der Waals surface area contributed by atoms with Crippen molar-refractivity contribution in [3.63, 3.8) is 0 Å². The first kappa shape index (κ1) is 21.7. The van der Waals surface area contributed by atoms with Gasteiger partial charge in [0.25, 0.3) is 5.91 Å². The third-order valence-electron chi connectivity index (χ3n) is 4.64. The molecular weight excluding hydrogens is 402 g/mol. The second-order valence-electron chi connectivity index (χ2n) is 6.67. The molecule has 158 valence electrons. The zero-order valence-electron chi connectivity index (χ0n) is 16.9. The molecular formula is C22H25N3O4S. The second-order valence-corrected chi connectivity index (χ2v) is 7.72. The van der Waals surface area contributed by atoms with Crippen LogP contribution in [-0.4, -0.2) is 66.2 Å². The zero-order chi connectivity index (χ0) is 21.3. The van der Waals surface area contributed by atoms with Gasteiger partial charge in [-0.15, -0.1) is 11.8 Å². The van der Waals surface area contributed by atoms with Crippen molar-refractivity contribution in [3.8, 4) is 0 Å². The number of hydrogen-bond donors (Lipinski definition) is 1. The number of hydrogen-bond acceptors (Lipinski definition) is 5. The zero-order valence-corrected chi connectivity index (χ0v) is 17.7. The van der Waals surface area contributed by atoms with Gasteiger partial charge >= 0.3 is 6.09 Å². The molecule has 0 aliphatic carbocycles. The first-order chi connectivity index (χ1) is 14.6. The molecule has 1 aliphatic rings. The summed E-state index contributed by atoms with van der Waals surface area (Å²) in [6.45, 7) is 3.78. The number of nitrogens with one attached hydrogen (secondary N) is 1. The molecule has 1 saturated heterocycles. The molecule has 30 heavy (non-hydrogen) atoms. The highest BCUT2D eigenvalue weighted by Crippen LogP contribution is 2.21. The van der Waals surface area contributed by atoms with Crippen LogP contribution < -0.4 is 5.32 Å². The van der Waals surface area contributed by atoms with Gasteiger partial charge in [-0.05, 0) is 31.2 Å². The molecule has 3 rings (SSSR count). The number of ether oxygens (including phenoxy) is 1. The summed E-state index contributed by atoms with van der Waals surface area (Å²) in [4.78, 5) is 41.6. The molecule has 1 heterocycles. The Morgan fingerprint density at radius 2 is 1.57 bits per heavy atom. The largest absolute Gasteiger partial charge is 0.450 e. The number of amides is 3. The predicted molar refractivity (Wildman–Crippen MR) is 117 cm³/mol. The number of thioether (sulfide) groups is 1. The number of para-hydroxylation sites is 1. The fraction of sp³-hybridized carbons (Fsp3) is 0.318. The van der Waals surface area contributed by atoms with Crippen LogP contribution in [0, 0.1) is 0 Å². The van der Waals surface area contributed by atoms with Gasteiger partial charge in [0.2, 0.25) is 5.91 Å². The molecule has 0 spiro atoms. The van der Waals surface area contributed by atoms with Crippen LogP contribution in [0.3, 0.4) is 0 Å². The van der Waals surface area contributed by atoms with Gasteiger partial charge in [-0.3, -0.25) is 9.59 Å². The Morgan fingerprint density at radius 1 is 0.933 bits per heavy atom. The van der Waals surface area contributed by atoms with E-state index < -0.39 is 0 Å². The molecule has 0 atom stereocenters. The third-order valence-corrected chi connectivity index (χ3v) is 5.65. The minimum atomic E-state index is -0.354. The van der Waals surface area contributed by atoms with Crippen LogP contribution in [-0.2, 0) is 9.53 Å². The molecule has 2 aromatic carbocycles. The molecule has 3 amide bonds. The van der Waals surface area contributed by atoms with Crippen LogP contribution in [0.2, 0.25) is 0 Å². The van der Waals surface area contributed by atoms with Gasteiger partial charge in [0.15, 0.2) is 0 Å². The maximum atomic E-state index is 13.0. The second kappa shape index (κ2) is 10.7. The summed E-state index contributed by atoms with van der Waals surface area (Å²) in [5.74, 6) is -0.0774. The summed E-state index contributed by atoms with van der Waals surface area (Å²) in [7, 11) is 0. The molecule has 0 saturated carbocycles. The van der Waals surface area contributed by atoms with Gasteiger partial charge in [0, 0.05) is 31.1 Å². The summed E-state index contributed by atoms with van der Waals surface area (Å²) in [5, 5.41) is 2.85. The first-order valence-electron chi connectivity index (χ1n) is 9.86. The molecule has 1 fully saturated rings. The normalized spacial score (nSPS) is 13.6. The SMILES string of the molecule is CCOC(=O)N1CCN(C(=O)c2ccccc2NC(=O)CSc2ccccc2)CC1. The van der Waals surface area contributed by atoms with Crippen molar-refractivity contribution in [2.24, 2.45) is 0 Å². The first-order valence-corrected chi connectivity index (χ1v) is 10.8. The van der Waals surface area contributed by atoms with Gasteiger partial charge in [-0.1, -0.05) is 30.3 Å². The quantitative estimate of drug-likeness (QED) is 0.716. The van der Waals surface area contributed by atoms with E-state index in [1.165, 1.54) is 11.8 Å². The van der Waals surface area contributed by atoms with E-state index >= 15 is 0 Å². The maximum Gasteiger partial charge on any atom is 0.409 e. The lowest BCUT2D eigenvalue weighted by molar-refractivity contribution is -0.113. The minimum Gasteiger partial charge on any atom is -0.450 e. The van der Waals surface area contributed by atoms with Gasteiger partial charge in [0.05, 0.1) is 23.6 Å². The van der Waals surface area contributed by atoms with E-state index in [0.717, 1.165) is 4.90 Å². The van der Waals surface area contributed by atoms with Crippen molar-refractivity contribution < 1.29 is 19.1 Å². The summed E-state index contributed by atoms with van der Waals surface area (Å²) in [6, 6.07) is 16.7. The van der Waals surface area contributed by atoms with Gasteiger partial charge in [-0.25, -0.2) is 4.79 Å². The highest BCUT2D eigenvalue weighted by molar-refractivity contribution is 8.00. The number of piperazine rings is 1. The van der Waals surface area contributed by atoms with Gasteiger partial charge < -0.3 is 19.9 Å². The van der Waals surface area contributed by atoms with E-state index in [2.05, 4.69) is 5.32 Å². The molecule has 2 aromatic rings. The standard InChI is InChI=1S/C22H25N3O4S/c1-2-29-22(28)25-14-12-24(13-15-25)21(27)18-10-6-7-11-19(18)23-20(26)16-30-17-8-4-3-5-9-17/h3-11H,2,12-16H2,1H3,(H,23,26). The van der Waals surface area contributed by atoms with Crippen molar-refractivity contribution in [2.75, 3.05) is 43.9 Å². The Kier molecular flexibility index (Phi) is 7.73. The molecule has 0 radical (unpaired) electrons. The third kappa shape index (κ3) is 5.76. The van der Waals surface area contributed by atoms with Crippen LogP contribution in [0.5, 0.6) is 0 Å². The lowest BCUT2D eigenvalue weighted by Crippen LogP contribution is -2.50. The predicted octanol–water partition coefficient (Wildman–Crippen LogP) is 3.33. The molecule has 1 N–H and O–H groups in total. The smallest absolute Gasteiger partial charge is 0.409 e. The van der Waals surface area contributed by atoms with Crippen LogP contribution in [0.15, 0.2) is 59.5 Å². The van der Waals surface area contributed by atoms with Crippen molar-refractivity contribution in [3.05, 3.63) is 60.2 Å². The highest BCUT2D eigenvalue weighted by atomic mass is 32.2. The molecule has 0 aromatic heterocycles. The Balaban J connectivity index is 1.58. The lowest BCUT2D eigenvalue weighted by atomic mass is 10.1. The summed E-state index contributed by atoms with van der Waals surface area (Å²) < 4.78 is 5.01. The van der Waals surface area contributed by atoms with E-state index in [4.69, 9.17) is 4.74 Å². The minimum absolute atomic E-state index is 0.162. The Labute approximate surface area is 180 Å². The van der Waals surface area contributed by atoms with Crippen LogP contribution >= 0.6 is 11.8 Å². The van der Waals surface area contributed by atoms with Crippen molar-refractivity contribution in [1.29, 1.82) is 0 Å². The number of rotatable bonds is 6. The van der Waals surface area contributed by atoms with Gasteiger partial charge in [0.1, 0.15) is 0 Å². The maximum absolute atomic E-state index is 13.0. The Morgan fingerprint density at radius 3 is 2.27 bits per heavy atom. The van der Waals surface area contributed by atoms with E-state index in [-0.39, 0.29) is 23.7 Å². The van der Waals surface area contributed by atoms with Crippen molar-refractivity contribution in [1.82, 2.24) is 9.80 Å². The molecule has 1 aliphatic heterocycles. The number of benzene rings is 2. The van der Waals surface area contributed by atoms with E-state index in [1.54, 1.807) is 41.0 Å². The number of carbonyl (C=O) groups is 3. The van der Waals surface area contributed by atoms with Gasteiger partial charge in [-0.2, -0.15) is 0 Å². The summed E-state index contributed by atoms with van der Waals surface area (Å²) >= 11 is 1.44. The van der Waals surface area contributed by atoms with Crippen LogP contribution in [0.4, 0.5) is 10.5 Å². The van der Waals surface area contributed by atoms with Crippen molar-refractivity contribution >= 4 is 35.4 Å². The van der Waals surface area contributed by atoms with Crippen LogP contribution in [0.25, 0.3) is 0 Å². The van der Waals surface area contributed by atoms with E-state index in [9.17, 15) is 14.4 Å². The fourth-order valence-electron chi connectivity index (χ4n) is 3.11. The topological polar surface area (TPSA) is 79.0 Å². The Hall–Kier alpha value is -3.00.